The van der Waals surface area contributed by atoms with E-state index in [1.165, 1.54) is 6.42 Å². The number of hydrogen-bond donors (Lipinski definition) is 2. The number of rotatable bonds is 5. The van der Waals surface area contributed by atoms with Crippen LogP contribution in [0, 0.1) is 17.8 Å². The smallest absolute Gasteiger partial charge is 0.220 e. The summed E-state index contributed by atoms with van der Waals surface area (Å²) in [5, 5.41) is 3.18. The van der Waals surface area contributed by atoms with Crippen molar-refractivity contribution >= 4 is 5.91 Å². The van der Waals surface area contributed by atoms with Gasteiger partial charge in [0.1, 0.15) is 0 Å². The van der Waals surface area contributed by atoms with Crippen molar-refractivity contribution in [3.05, 3.63) is 0 Å². The summed E-state index contributed by atoms with van der Waals surface area (Å²) in [6.07, 6.45) is 5.11. The monoisotopic (exact) mass is 240 g/mol. The quantitative estimate of drug-likeness (QED) is 0.774. The molecule has 100 valence electrons. The molecular weight excluding hydrogens is 212 g/mol. The van der Waals surface area contributed by atoms with Crippen LogP contribution in [0.2, 0.25) is 0 Å². The summed E-state index contributed by atoms with van der Waals surface area (Å²) < 4.78 is 0. The van der Waals surface area contributed by atoms with E-state index in [4.69, 9.17) is 5.73 Å². The van der Waals surface area contributed by atoms with Crippen molar-refractivity contribution in [2.24, 2.45) is 23.5 Å². The fraction of sp³-hybridized carbons (Fsp3) is 0.929. The normalized spacial score (nSPS) is 30.9. The molecule has 0 aliphatic heterocycles. The van der Waals surface area contributed by atoms with Crippen LogP contribution in [-0.4, -0.2) is 18.5 Å². The van der Waals surface area contributed by atoms with Gasteiger partial charge in [-0.3, -0.25) is 4.79 Å². The van der Waals surface area contributed by atoms with E-state index in [9.17, 15) is 4.79 Å². The van der Waals surface area contributed by atoms with Gasteiger partial charge in [-0.1, -0.05) is 20.8 Å². The molecule has 3 nitrogen and oxygen atoms in total. The van der Waals surface area contributed by atoms with E-state index >= 15 is 0 Å². The standard InChI is InChI=1S/C14H28N2O/c1-10(9-15)4-5-14(17)16-13-7-11(2)6-12(3)8-13/h10-13H,4-9,15H2,1-3H3,(H,16,17). The molecule has 1 amide bonds. The SMILES string of the molecule is CC(CN)CCC(=O)NC1CC(C)CC(C)C1. The maximum absolute atomic E-state index is 11.8. The summed E-state index contributed by atoms with van der Waals surface area (Å²) >= 11 is 0. The van der Waals surface area contributed by atoms with Gasteiger partial charge < -0.3 is 11.1 Å². The van der Waals surface area contributed by atoms with Gasteiger partial charge in [0.05, 0.1) is 0 Å². The Balaban J connectivity index is 2.25. The maximum atomic E-state index is 11.8. The Hall–Kier alpha value is -0.570. The van der Waals surface area contributed by atoms with Crippen LogP contribution < -0.4 is 11.1 Å². The number of nitrogens with two attached hydrogens (primary N) is 1. The third-order valence-electron chi connectivity index (χ3n) is 3.81. The second-order valence-corrected chi connectivity index (χ2v) is 6.06. The topological polar surface area (TPSA) is 55.1 Å². The zero-order valence-corrected chi connectivity index (χ0v) is 11.5. The van der Waals surface area contributed by atoms with Gasteiger partial charge >= 0.3 is 0 Å². The van der Waals surface area contributed by atoms with Gasteiger partial charge in [-0.15, -0.1) is 0 Å². The minimum absolute atomic E-state index is 0.205. The van der Waals surface area contributed by atoms with Crippen molar-refractivity contribution in [3.8, 4) is 0 Å². The molecule has 3 atom stereocenters. The van der Waals surface area contributed by atoms with Crippen LogP contribution in [0.4, 0.5) is 0 Å². The van der Waals surface area contributed by atoms with E-state index in [2.05, 4.69) is 26.1 Å². The van der Waals surface area contributed by atoms with Crippen LogP contribution in [0.1, 0.15) is 52.9 Å². The maximum Gasteiger partial charge on any atom is 0.220 e. The minimum atomic E-state index is 0.205. The first kappa shape index (κ1) is 14.5. The molecule has 3 N–H and O–H groups in total. The number of nitrogens with one attached hydrogen (secondary N) is 1. The highest BCUT2D eigenvalue weighted by Crippen LogP contribution is 2.28. The molecule has 0 aromatic heterocycles. The third-order valence-corrected chi connectivity index (χ3v) is 3.81. The molecule has 0 heterocycles. The van der Waals surface area contributed by atoms with Crippen molar-refractivity contribution in [1.82, 2.24) is 5.32 Å². The van der Waals surface area contributed by atoms with E-state index in [1.54, 1.807) is 0 Å². The molecule has 3 heteroatoms. The summed E-state index contributed by atoms with van der Waals surface area (Å²) in [6, 6.07) is 0.398. The van der Waals surface area contributed by atoms with Gasteiger partial charge in [-0.25, -0.2) is 0 Å². The molecule has 0 aromatic rings. The first-order valence-corrected chi connectivity index (χ1v) is 7.00. The molecule has 0 bridgehead atoms. The van der Waals surface area contributed by atoms with Crippen LogP contribution >= 0.6 is 0 Å². The van der Waals surface area contributed by atoms with E-state index in [0.29, 0.717) is 24.9 Å². The molecule has 3 unspecified atom stereocenters. The highest BCUT2D eigenvalue weighted by molar-refractivity contribution is 5.76. The molecule has 1 fully saturated rings. The van der Waals surface area contributed by atoms with Crippen molar-refractivity contribution in [2.75, 3.05) is 6.54 Å². The second-order valence-electron chi connectivity index (χ2n) is 6.06. The Morgan fingerprint density at radius 2 is 1.88 bits per heavy atom. The first-order chi connectivity index (χ1) is 8.01. The molecule has 0 spiro atoms. The lowest BCUT2D eigenvalue weighted by Crippen LogP contribution is -2.40. The molecule has 1 saturated carbocycles. The van der Waals surface area contributed by atoms with Gasteiger partial charge in [0.2, 0.25) is 5.91 Å². The van der Waals surface area contributed by atoms with Crippen molar-refractivity contribution in [2.45, 2.75) is 58.9 Å². The molecule has 0 saturated heterocycles. The van der Waals surface area contributed by atoms with Gasteiger partial charge in [-0.2, -0.15) is 0 Å². The van der Waals surface area contributed by atoms with Crippen LogP contribution in [0.5, 0.6) is 0 Å². The van der Waals surface area contributed by atoms with E-state index in [0.717, 1.165) is 31.1 Å². The average Bonchev–Trinajstić information content (AvgIpc) is 2.24. The summed E-state index contributed by atoms with van der Waals surface area (Å²) in [7, 11) is 0. The van der Waals surface area contributed by atoms with Gasteiger partial charge in [-0.05, 0) is 50.0 Å². The van der Waals surface area contributed by atoms with Crippen LogP contribution in [0.3, 0.4) is 0 Å². The number of amides is 1. The zero-order chi connectivity index (χ0) is 12.8. The van der Waals surface area contributed by atoms with Gasteiger partial charge in [0.25, 0.3) is 0 Å². The highest BCUT2D eigenvalue weighted by atomic mass is 16.1. The second kappa shape index (κ2) is 7.00. The molecule has 1 aliphatic carbocycles. The number of carbonyl (C=O) groups is 1. The fourth-order valence-corrected chi connectivity index (χ4v) is 2.86. The molecule has 0 aromatic carbocycles. The Morgan fingerprint density at radius 3 is 2.41 bits per heavy atom. The molecule has 1 rings (SSSR count). The van der Waals surface area contributed by atoms with Crippen LogP contribution in [0.25, 0.3) is 0 Å². The van der Waals surface area contributed by atoms with E-state index in [-0.39, 0.29) is 5.91 Å². The summed E-state index contributed by atoms with van der Waals surface area (Å²) in [4.78, 5) is 11.8. The van der Waals surface area contributed by atoms with Gasteiger partial charge in [0.15, 0.2) is 0 Å². The lowest BCUT2D eigenvalue weighted by atomic mass is 9.80. The van der Waals surface area contributed by atoms with Crippen molar-refractivity contribution in [1.29, 1.82) is 0 Å². The van der Waals surface area contributed by atoms with Crippen LogP contribution in [0.15, 0.2) is 0 Å². The Kier molecular flexibility index (Phi) is 5.96. The Morgan fingerprint density at radius 1 is 1.29 bits per heavy atom. The summed E-state index contributed by atoms with van der Waals surface area (Å²) in [5.74, 6) is 2.14. The summed E-state index contributed by atoms with van der Waals surface area (Å²) in [6.45, 7) is 7.33. The first-order valence-electron chi connectivity index (χ1n) is 7.00. The summed E-state index contributed by atoms with van der Waals surface area (Å²) in [5.41, 5.74) is 5.55. The Labute approximate surface area is 106 Å². The zero-order valence-electron chi connectivity index (χ0n) is 11.5. The average molecular weight is 240 g/mol. The Bertz CT molecular complexity index is 232. The minimum Gasteiger partial charge on any atom is -0.353 e. The predicted molar refractivity (Wildman–Crippen MR) is 71.6 cm³/mol. The fourth-order valence-electron chi connectivity index (χ4n) is 2.86. The largest absolute Gasteiger partial charge is 0.353 e. The highest BCUT2D eigenvalue weighted by Gasteiger charge is 2.24. The van der Waals surface area contributed by atoms with Crippen LogP contribution in [-0.2, 0) is 4.79 Å². The van der Waals surface area contributed by atoms with E-state index < -0.39 is 0 Å². The lowest BCUT2D eigenvalue weighted by Gasteiger charge is -2.32. The number of carbonyl (C=O) groups excluding carboxylic acids is 1. The van der Waals surface area contributed by atoms with Crippen molar-refractivity contribution in [3.63, 3.8) is 0 Å². The lowest BCUT2D eigenvalue weighted by molar-refractivity contribution is -0.122. The molecule has 1 aliphatic rings. The molecule has 17 heavy (non-hydrogen) atoms. The van der Waals surface area contributed by atoms with Crippen molar-refractivity contribution < 1.29 is 4.79 Å². The predicted octanol–water partition coefficient (Wildman–Crippen LogP) is 2.30. The number of hydrogen-bond acceptors (Lipinski definition) is 2. The van der Waals surface area contributed by atoms with E-state index in [1.807, 2.05) is 0 Å². The third kappa shape index (κ3) is 5.53. The molecular formula is C14H28N2O. The molecule has 0 radical (unpaired) electrons. The van der Waals surface area contributed by atoms with Gasteiger partial charge in [0, 0.05) is 12.5 Å².